The summed E-state index contributed by atoms with van der Waals surface area (Å²) >= 11 is 5.73. The number of rotatable bonds is 0. The van der Waals surface area contributed by atoms with Crippen LogP contribution in [0.3, 0.4) is 0 Å². The van der Waals surface area contributed by atoms with E-state index in [1.54, 1.807) is 0 Å². The van der Waals surface area contributed by atoms with Crippen molar-refractivity contribution in [2.75, 3.05) is 0 Å². The predicted molar refractivity (Wildman–Crippen MR) is 57.6 cm³/mol. The minimum absolute atomic E-state index is 0.696. The number of fused-ring (bicyclic) bond motifs is 1. The maximum Gasteiger partial charge on any atom is 0.466 e. The third-order valence-corrected chi connectivity index (χ3v) is 1.70. The van der Waals surface area contributed by atoms with Gasteiger partial charge in [-0.2, -0.15) is 0 Å². The van der Waals surface area contributed by atoms with Crippen LogP contribution in [0.1, 0.15) is 0 Å². The van der Waals surface area contributed by atoms with Crippen LogP contribution in [0.4, 0.5) is 0 Å². The van der Waals surface area contributed by atoms with Gasteiger partial charge in [0.1, 0.15) is 5.15 Å². The van der Waals surface area contributed by atoms with Gasteiger partial charge >= 0.3 is 7.82 Å². The topological polar surface area (TPSA) is 93.6 Å². The van der Waals surface area contributed by atoms with Crippen LogP contribution in [0.5, 0.6) is 0 Å². The number of aromatic amines is 1. The first-order valence-corrected chi connectivity index (χ1v) is 5.82. The number of para-hydroxylation sites is 1. The first kappa shape index (κ1) is 12.2. The summed E-state index contributed by atoms with van der Waals surface area (Å²) in [6.07, 6.45) is 0. The molecular formula is C8H9ClNO4P. The minimum Gasteiger partial charge on any atom is -0.346 e. The monoisotopic (exact) mass is 249 g/mol. The molecule has 0 bridgehead atoms. The lowest BCUT2D eigenvalue weighted by molar-refractivity contribution is 0.275. The quantitative estimate of drug-likeness (QED) is 0.537. The highest BCUT2D eigenvalue weighted by molar-refractivity contribution is 7.45. The Balaban J connectivity index is 0.000000195. The molecule has 1 aromatic heterocycles. The van der Waals surface area contributed by atoms with Gasteiger partial charge in [-0.3, -0.25) is 0 Å². The van der Waals surface area contributed by atoms with E-state index in [4.69, 9.17) is 30.8 Å². The molecule has 1 aromatic carbocycles. The van der Waals surface area contributed by atoms with Crippen LogP contribution in [0.15, 0.2) is 30.3 Å². The van der Waals surface area contributed by atoms with Gasteiger partial charge in [0.05, 0.1) is 0 Å². The molecule has 15 heavy (non-hydrogen) atoms. The molecule has 0 atom stereocenters. The van der Waals surface area contributed by atoms with Crippen LogP contribution in [0.25, 0.3) is 10.9 Å². The van der Waals surface area contributed by atoms with E-state index < -0.39 is 7.82 Å². The lowest BCUT2D eigenvalue weighted by Crippen LogP contribution is -1.66. The van der Waals surface area contributed by atoms with Crippen molar-refractivity contribution in [3.63, 3.8) is 0 Å². The highest BCUT2D eigenvalue weighted by atomic mass is 35.5. The Morgan fingerprint density at radius 3 is 2.27 bits per heavy atom. The highest BCUT2D eigenvalue weighted by Crippen LogP contribution is 2.25. The van der Waals surface area contributed by atoms with E-state index in [2.05, 4.69) is 4.98 Å². The van der Waals surface area contributed by atoms with Gasteiger partial charge in [0.2, 0.25) is 0 Å². The summed E-state index contributed by atoms with van der Waals surface area (Å²) in [5, 5.41) is 1.86. The number of H-pyrrole nitrogens is 1. The second-order valence-corrected chi connectivity index (χ2v) is 4.15. The average Bonchev–Trinajstić information content (AvgIpc) is 2.40. The van der Waals surface area contributed by atoms with Crippen LogP contribution >= 0.6 is 19.4 Å². The molecule has 4 N–H and O–H groups in total. The van der Waals surface area contributed by atoms with Gasteiger partial charge < -0.3 is 19.7 Å². The predicted octanol–water partition coefficient (Wildman–Crippen LogP) is 1.89. The van der Waals surface area contributed by atoms with Gasteiger partial charge in [-0.05, 0) is 12.1 Å². The fourth-order valence-corrected chi connectivity index (χ4v) is 1.26. The zero-order valence-corrected chi connectivity index (χ0v) is 9.11. The molecule has 0 saturated carbocycles. The van der Waals surface area contributed by atoms with Crippen molar-refractivity contribution in [1.29, 1.82) is 0 Å². The normalized spacial score (nSPS) is 10.9. The van der Waals surface area contributed by atoms with Crippen molar-refractivity contribution >= 4 is 30.3 Å². The molecule has 0 aliphatic carbocycles. The highest BCUT2D eigenvalue weighted by Gasteiger charge is 2.00. The maximum absolute atomic E-state index is 8.88. The van der Waals surface area contributed by atoms with Crippen molar-refractivity contribution in [1.82, 2.24) is 4.98 Å². The molecule has 5 nitrogen and oxygen atoms in total. The SMILES string of the molecule is Clc1cc2ccccc2[nH]1.O=P(O)(O)O. The van der Waals surface area contributed by atoms with Gasteiger partial charge in [-0.25, -0.2) is 4.57 Å². The van der Waals surface area contributed by atoms with Crippen molar-refractivity contribution in [2.24, 2.45) is 0 Å². The lowest BCUT2D eigenvalue weighted by atomic mass is 10.3. The molecule has 0 saturated heterocycles. The van der Waals surface area contributed by atoms with E-state index in [0.717, 1.165) is 10.9 Å². The van der Waals surface area contributed by atoms with Crippen molar-refractivity contribution in [2.45, 2.75) is 0 Å². The minimum atomic E-state index is -4.64. The van der Waals surface area contributed by atoms with Gasteiger partial charge in [0, 0.05) is 10.9 Å². The van der Waals surface area contributed by atoms with Gasteiger partial charge in [0.15, 0.2) is 0 Å². The first-order chi connectivity index (χ1) is 6.86. The summed E-state index contributed by atoms with van der Waals surface area (Å²) in [6.45, 7) is 0. The summed E-state index contributed by atoms with van der Waals surface area (Å²) < 4.78 is 8.88. The number of halogens is 1. The molecule has 7 heteroatoms. The summed E-state index contributed by atoms with van der Waals surface area (Å²) in [7, 11) is -4.64. The van der Waals surface area contributed by atoms with E-state index in [9.17, 15) is 0 Å². The van der Waals surface area contributed by atoms with Crippen LogP contribution in [0, 0.1) is 0 Å². The lowest BCUT2D eigenvalue weighted by Gasteiger charge is -1.83. The van der Waals surface area contributed by atoms with E-state index in [1.807, 2.05) is 30.3 Å². The van der Waals surface area contributed by atoms with Crippen molar-refractivity contribution in [3.8, 4) is 0 Å². The average molecular weight is 250 g/mol. The molecule has 0 aliphatic heterocycles. The van der Waals surface area contributed by atoms with Crippen molar-refractivity contribution < 1.29 is 19.2 Å². The summed E-state index contributed by atoms with van der Waals surface area (Å²) in [6, 6.07) is 9.91. The standard InChI is InChI=1S/C8H6ClN.H3O4P/c9-8-5-6-3-1-2-4-7(6)10-8;1-5(2,3)4/h1-5,10H;(H3,1,2,3,4). The van der Waals surface area contributed by atoms with Gasteiger partial charge in [-0.1, -0.05) is 29.8 Å². The zero-order valence-electron chi connectivity index (χ0n) is 7.46. The smallest absolute Gasteiger partial charge is 0.346 e. The molecule has 1 heterocycles. The van der Waals surface area contributed by atoms with Crippen LogP contribution in [-0.2, 0) is 4.57 Å². The molecule has 0 fully saturated rings. The molecular weight excluding hydrogens is 241 g/mol. The Kier molecular flexibility index (Phi) is 3.90. The first-order valence-electron chi connectivity index (χ1n) is 3.88. The second-order valence-electron chi connectivity index (χ2n) is 2.72. The molecule has 0 spiro atoms. The van der Waals surface area contributed by atoms with Gasteiger partial charge in [0.25, 0.3) is 0 Å². The molecule has 0 radical (unpaired) electrons. The number of hydrogen-bond donors (Lipinski definition) is 4. The molecule has 2 rings (SSSR count). The number of hydrogen-bond acceptors (Lipinski definition) is 1. The molecule has 0 amide bonds. The maximum atomic E-state index is 8.88. The van der Waals surface area contributed by atoms with E-state index >= 15 is 0 Å². The van der Waals surface area contributed by atoms with E-state index in [-0.39, 0.29) is 0 Å². The number of aromatic nitrogens is 1. The molecule has 82 valence electrons. The summed E-state index contributed by atoms with van der Waals surface area (Å²) in [5.74, 6) is 0. The fourth-order valence-electron chi connectivity index (χ4n) is 1.04. The third kappa shape index (κ3) is 4.97. The second kappa shape index (κ2) is 4.79. The largest absolute Gasteiger partial charge is 0.466 e. The Hall–Kier alpha value is -0.840. The number of benzene rings is 1. The molecule has 2 aromatic rings. The van der Waals surface area contributed by atoms with Crippen LogP contribution in [0.2, 0.25) is 5.15 Å². The Bertz CT molecular complexity index is 451. The Labute approximate surface area is 90.6 Å². The Morgan fingerprint density at radius 2 is 1.73 bits per heavy atom. The zero-order chi connectivity index (χ0) is 11.5. The van der Waals surface area contributed by atoms with Crippen molar-refractivity contribution in [3.05, 3.63) is 35.5 Å². The fraction of sp³-hybridized carbons (Fsp3) is 0. The third-order valence-electron chi connectivity index (χ3n) is 1.50. The number of phosphoric acid groups is 1. The number of nitrogens with one attached hydrogen (secondary N) is 1. The van der Waals surface area contributed by atoms with E-state index in [1.165, 1.54) is 0 Å². The molecule has 0 aliphatic rings. The summed E-state index contributed by atoms with van der Waals surface area (Å²) in [4.78, 5) is 24.6. The molecule has 0 unspecified atom stereocenters. The van der Waals surface area contributed by atoms with Crippen LogP contribution < -0.4 is 0 Å². The van der Waals surface area contributed by atoms with E-state index in [0.29, 0.717) is 5.15 Å². The van der Waals surface area contributed by atoms with Crippen LogP contribution in [-0.4, -0.2) is 19.7 Å². The van der Waals surface area contributed by atoms with Gasteiger partial charge in [-0.15, -0.1) is 0 Å². The summed E-state index contributed by atoms with van der Waals surface area (Å²) in [5.41, 5.74) is 1.09. The Morgan fingerprint density at radius 1 is 1.20 bits per heavy atom.